The molecule has 3 nitrogen and oxygen atoms in total. The van der Waals surface area contributed by atoms with Crippen molar-refractivity contribution >= 4 is 16.9 Å². The van der Waals surface area contributed by atoms with E-state index in [1.54, 1.807) is 0 Å². The maximum Gasteiger partial charge on any atom is 0.356 e. The summed E-state index contributed by atoms with van der Waals surface area (Å²) in [6.45, 7) is 0. The molecule has 2 rings (SSSR count). The van der Waals surface area contributed by atoms with E-state index in [2.05, 4.69) is 9.72 Å². The van der Waals surface area contributed by atoms with Crippen LogP contribution in [-0.4, -0.2) is 18.1 Å². The van der Waals surface area contributed by atoms with Crippen LogP contribution < -0.4 is 0 Å². The van der Waals surface area contributed by atoms with Crippen LogP contribution >= 0.6 is 0 Å². The molecule has 0 radical (unpaired) electrons. The normalized spacial score (nSPS) is 10.4. The SMILES string of the molecule is COC(=O)c1ccc2c(F)c(F)ccc2n1. The summed E-state index contributed by atoms with van der Waals surface area (Å²) in [5.74, 6) is -2.53. The quantitative estimate of drug-likeness (QED) is 0.696. The molecule has 2 aromatic rings. The van der Waals surface area contributed by atoms with Crippen LogP contribution in [0.5, 0.6) is 0 Å². The lowest BCUT2D eigenvalue weighted by Crippen LogP contribution is -2.04. The Morgan fingerprint density at radius 2 is 2.00 bits per heavy atom. The Kier molecular flexibility index (Phi) is 2.52. The number of nitrogens with zero attached hydrogens (tertiary/aromatic N) is 1. The van der Waals surface area contributed by atoms with Gasteiger partial charge in [0.05, 0.1) is 12.6 Å². The third-order valence-electron chi connectivity index (χ3n) is 2.15. The molecule has 0 spiro atoms. The summed E-state index contributed by atoms with van der Waals surface area (Å²) < 4.78 is 30.6. The van der Waals surface area contributed by atoms with E-state index in [9.17, 15) is 13.6 Å². The van der Waals surface area contributed by atoms with Gasteiger partial charge in [-0.15, -0.1) is 0 Å². The van der Waals surface area contributed by atoms with Gasteiger partial charge in [-0.05, 0) is 24.3 Å². The first-order valence-electron chi connectivity index (χ1n) is 4.46. The Morgan fingerprint density at radius 1 is 1.25 bits per heavy atom. The molecule has 1 aromatic heterocycles. The van der Waals surface area contributed by atoms with Crippen molar-refractivity contribution < 1.29 is 18.3 Å². The summed E-state index contributed by atoms with van der Waals surface area (Å²) in [4.78, 5) is 15.0. The highest BCUT2D eigenvalue weighted by Crippen LogP contribution is 2.19. The monoisotopic (exact) mass is 223 g/mol. The van der Waals surface area contributed by atoms with Crippen LogP contribution in [0.25, 0.3) is 10.9 Å². The molecule has 0 fully saturated rings. The third-order valence-corrected chi connectivity index (χ3v) is 2.15. The molecule has 0 unspecified atom stereocenters. The van der Waals surface area contributed by atoms with E-state index in [4.69, 9.17) is 0 Å². The van der Waals surface area contributed by atoms with Gasteiger partial charge in [-0.3, -0.25) is 0 Å². The Labute approximate surface area is 89.7 Å². The molecule has 0 atom stereocenters. The van der Waals surface area contributed by atoms with Gasteiger partial charge in [-0.1, -0.05) is 0 Å². The molecule has 0 N–H and O–H groups in total. The van der Waals surface area contributed by atoms with E-state index in [1.807, 2.05) is 0 Å². The predicted molar refractivity (Wildman–Crippen MR) is 53.0 cm³/mol. The molecule has 0 aliphatic carbocycles. The summed E-state index contributed by atoms with van der Waals surface area (Å²) >= 11 is 0. The number of esters is 1. The van der Waals surface area contributed by atoms with Gasteiger partial charge in [-0.25, -0.2) is 18.6 Å². The molecule has 0 bridgehead atoms. The van der Waals surface area contributed by atoms with E-state index >= 15 is 0 Å². The molecule has 82 valence electrons. The molecule has 16 heavy (non-hydrogen) atoms. The zero-order valence-corrected chi connectivity index (χ0v) is 8.33. The van der Waals surface area contributed by atoms with Gasteiger partial charge in [0, 0.05) is 5.39 Å². The van der Waals surface area contributed by atoms with Crippen molar-refractivity contribution in [2.75, 3.05) is 7.11 Å². The van der Waals surface area contributed by atoms with Crippen molar-refractivity contribution in [1.29, 1.82) is 0 Å². The molecule has 1 heterocycles. The second kappa shape index (κ2) is 3.84. The Hall–Kier alpha value is -2.04. The van der Waals surface area contributed by atoms with Crippen LogP contribution in [0.2, 0.25) is 0 Å². The predicted octanol–water partition coefficient (Wildman–Crippen LogP) is 2.30. The first kappa shape index (κ1) is 10.5. The van der Waals surface area contributed by atoms with Crippen molar-refractivity contribution in [2.45, 2.75) is 0 Å². The largest absolute Gasteiger partial charge is 0.464 e. The number of ether oxygens (including phenoxy) is 1. The number of carbonyl (C=O) groups is 1. The number of methoxy groups -OCH3 is 1. The van der Waals surface area contributed by atoms with Crippen LogP contribution in [0.4, 0.5) is 8.78 Å². The number of aromatic nitrogens is 1. The van der Waals surface area contributed by atoms with Crippen molar-refractivity contribution in [2.24, 2.45) is 0 Å². The average molecular weight is 223 g/mol. The maximum absolute atomic E-state index is 13.3. The van der Waals surface area contributed by atoms with Crippen molar-refractivity contribution in [3.05, 3.63) is 41.6 Å². The average Bonchev–Trinajstić information content (AvgIpc) is 2.32. The molecule has 0 saturated carbocycles. The molecule has 1 aromatic carbocycles. The second-order valence-electron chi connectivity index (χ2n) is 3.12. The third kappa shape index (κ3) is 1.60. The Bertz CT molecular complexity index is 569. The van der Waals surface area contributed by atoms with Gasteiger partial charge in [-0.2, -0.15) is 0 Å². The van der Waals surface area contributed by atoms with Gasteiger partial charge in [0.25, 0.3) is 0 Å². The minimum Gasteiger partial charge on any atom is -0.464 e. The van der Waals surface area contributed by atoms with Gasteiger partial charge in [0.1, 0.15) is 5.69 Å². The molecular weight excluding hydrogens is 216 g/mol. The van der Waals surface area contributed by atoms with Crippen molar-refractivity contribution in [3.63, 3.8) is 0 Å². The number of halogens is 2. The topological polar surface area (TPSA) is 39.2 Å². The molecular formula is C11H7F2NO2. The lowest BCUT2D eigenvalue weighted by molar-refractivity contribution is 0.0594. The van der Waals surface area contributed by atoms with Crippen LogP contribution in [0.3, 0.4) is 0 Å². The van der Waals surface area contributed by atoms with Crippen molar-refractivity contribution in [3.8, 4) is 0 Å². The van der Waals surface area contributed by atoms with E-state index in [0.29, 0.717) is 0 Å². The number of benzene rings is 1. The van der Waals surface area contributed by atoms with Crippen LogP contribution in [-0.2, 0) is 4.74 Å². The summed E-state index contributed by atoms with van der Waals surface area (Å²) in [5, 5.41) is 0.0349. The lowest BCUT2D eigenvalue weighted by atomic mass is 10.2. The summed E-state index contributed by atoms with van der Waals surface area (Å²) in [5.41, 5.74) is 0.266. The van der Waals surface area contributed by atoms with Crippen LogP contribution in [0.1, 0.15) is 10.5 Å². The second-order valence-corrected chi connectivity index (χ2v) is 3.12. The summed E-state index contributed by atoms with van der Waals surface area (Å²) in [6.07, 6.45) is 0. The van der Waals surface area contributed by atoms with Gasteiger partial charge in [0.15, 0.2) is 11.6 Å². The molecule has 0 aliphatic heterocycles. The number of carbonyl (C=O) groups excluding carboxylic acids is 1. The van der Waals surface area contributed by atoms with Gasteiger partial charge in [0.2, 0.25) is 0 Å². The minimum absolute atomic E-state index is 0.0349. The number of hydrogen-bond donors (Lipinski definition) is 0. The molecule has 5 heteroatoms. The fourth-order valence-corrected chi connectivity index (χ4v) is 1.36. The highest BCUT2D eigenvalue weighted by atomic mass is 19.2. The van der Waals surface area contributed by atoms with Crippen LogP contribution in [0, 0.1) is 11.6 Å². The minimum atomic E-state index is -0.971. The highest BCUT2D eigenvalue weighted by molar-refractivity contribution is 5.91. The standard InChI is InChI=1S/C11H7F2NO2/c1-16-11(15)9-4-2-6-8(14-9)5-3-7(12)10(6)13/h2-5H,1H3. The number of rotatable bonds is 1. The highest BCUT2D eigenvalue weighted by Gasteiger charge is 2.11. The van der Waals surface area contributed by atoms with Gasteiger partial charge >= 0.3 is 5.97 Å². The fraction of sp³-hybridized carbons (Fsp3) is 0.0909. The zero-order valence-electron chi connectivity index (χ0n) is 8.33. The molecule has 0 amide bonds. The first-order valence-corrected chi connectivity index (χ1v) is 4.46. The van der Waals surface area contributed by atoms with E-state index in [0.717, 1.165) is 6.07 Å². The molecule has 0 aliphatic rings. The van der Waals surface area contributed by atoms with Crippen molar-refractivity contribution in [1.82, 2.24) is 4.98 Å². The number of fused-ring (bicyclic) bond motifs is 1. The van der Waals surface area contributed by atoms with Crippen LogP contribution in [0.15, 0.2) is 24.3 Å². The Balaban J connectivity index is 2.65. The van der Waals surface area contributed by atoms with E-state index in [1.165, 1.54) is 25.3 Å². The summed E-state index contributed by atoms with van der Waals surface area (Å²) in [6, 6.07) is 4.86. The van der Waals surface area contributed by atoms with E-state index in [-0.39, 0.29) is 16.6 Å². The molecule has 0 saturated heterocycles. The number of pyridine rings is 1. The van der Waals surface area contributed by atoms with Gasteiger partial charge < -0.3 is 4.74 Å². The van der Waals surface area contributed by atoms with E-state index < -0.39 is 17.6 Å². The number of hydrogen-bond acceptors (Lipinski definition) is 3. The fourth-order valence-electron chi connectivity index (χ4n) is 1.36. The zero-order chi connectivity index (χ0) is 11.7. The summed E-state index contributed by atoms with van der Waals surface area (Å²) in [7, 11) is 1.22. The first-order chi connectivity index (χ1) is 7.63. The Morgan fingerprint density at radius 3 is 2.69 bits per heavy atom. The maximum atomic E-state index is 13.3. The smallest absolute Gasteiger partial charge is 0.356 e. The lowest BCUT2D eigenvalue weighted by Gasteiger charge is -2.02.